The predicted molar refractivity (Wildman–Crippen MR) is 62.4 cm³/mol. The van der Waals surface area contributed by atoms with Gasteiger partial charge >= 0.3 is 0 Å². The third-order valence-corrected chi connectivity index (χ3v) is 2.71. The fourth-order valence-corrected chi connectivity index (χ4v) is 2.46. The molecule has 1 atom stereocenters. The van der Waals surface area contributed by atoms with E-state index >= 15 is 0 Å². The van der Waals surface area contributed by atoms with E-state index in [2.05, 4.69) is 31.9 Å². The Balaban J connectivity index is 2.87. The number of halogens is 2. The first kappa shape index (κ1) is 11.2. The van der Waals surface area contributed by atoms with Crippen LogP contribution in [0.2, 0.25) is 0 Å². The van der Waals surface area contributed by atoms with E-state index in [1.54, 1.807) is 0 Å². The van der Waals surface area contributed by atoms with E-state index in [0.717, 1.165) is 20.9 Å². The highest BCUT2D eigenvalue weighted by Crippen LogP contribution is 2.24. The molecule has 1 aromatic carbocycles. The van der Waals surface area contributed by atoms with Crippen molar-refractivity contribution in [2.75, 3.05) is 6.54 Å². The minimum atomic E-state index is 0.0267. The summed E-state index contributed by atoms with van der Waals surface area (Å²) in [7, 11) is 0. The lowest BCUT2D eigenvalue weighted by Gasteiger charge is -2.11. The van der Waals surface area contributed by atoms with Crippen molar-refractivity contribution in [3.63, 3.8) is 0 Å². The summed E-state index contributed by atoms with van der Waals surface area (Å²) in [6.45, 7) is 0.616. The third kappa shape index (κ3) is 3.38. The summed E-state index contributed by atoms with van der Waals surface area (Å²) >= 11 is 6.83. The molecule has 13 heavy (non-hydrogen) atoms. The van der Waals surface area contributed by atoms with Crippen molar-refractivity contribution < 1.29 is 0 Å². The van der Waals surface area contributed by atoms with Crippen LogP contribution in [0.15, 0.2) is 27.1 Å². The molecule has 0 amide bonds. The molecule has 4 heteroatoms. The van der Waals surface area contributed by atoms with Gasteiger partial charge in [0, 0.05) is 15.0 Å². The maximum absolute atomic E-state index is 5.92. The van der Waals surface area contributed by atoms with Crippen LogP contribution in [0.4, 0.5) is 0 Å². The molecule has 0 saturated carbocycles. The van der Waals surface area contributed by atoms with Gasteiger partial charge in [-0.2, -0.15) is 0 Å². The Bertz CT molecular complexity index is 269. The van der Waals surface area contributed by atoms with Crippen molar-refractivity contribution in [3.8, 4) is 0 Å². The highest BCUT2D eigenvalue weighted by Gasteiger charge is 2.06. The van der Waals surface area contributed by atoms with Crippen LogP contribution in [0.3, 0.4) is 0 Å². The van der Waals surface area contributed by atoms with Crippen LogP contribution < -0.4 is 11.5 Å². The minimum Gasteiger partial charge on any atom is -0.330 e. The Hall–Kier alpha value is 0.1000. The molecule has 4 N–H and O–H groups in total. The first-order valence-corrected chi connectivity index (χ1v) is 5.63. The van der Waals surface area contributed by atoms with Gasteiger partial charge in [0.1, 0.15) is 0 Å². The summed E-state index contributed by atoms with van der Waals surface area (Å²) in [5.41, 5.74) is 12.5. The van der Waals surface area contributed by atoms with Gasteiger partial charge in [-0.15, -0.1) is 0 Å². The SMILES string of the molecule is NCC[C@H](N)c1cc(Br)cc(Br)c1. The fraction of sp³-hybridized carbons (Fsp3) is 0.333. The third-order valence-electron chi connectivity index (χ3n) is 1.79. The molecule has 0 aliphatic rings. The normalized spacial score (nSPS) is 12.9. The van der Waals surface area contributed by atoms with Crippen LogP contribution >= 0.6 is 31.9 Å². The monoisotopic (exact) mass is 306 g/mol. The number of rotatable bonds is 3. The van der Waals surface area contributed by atoms with Crippen LogP contribution in [0.5, 0.6) is 0 Å². The summed E-state index contributed by atoms with van der Waals surface area (Å²) in [5, 5.41) is 0. The molecule has 0 spiro atoms. The maximum Gasteiger partial charge on any atom is 0.0307 e. The minimum absolute atomic E-state index is 0.0267. The van der Waals surface area contributed by atoms with Gasteiger partial charge in [-0.25, -0.2) is 0 Å². The average Bonchev–Trinajstić information content (AvgIpc) is 2.03. The van der Waals surface area contributed by atoms with Crippen LogP contribution in [0.25, 0.3) is 0 Å². The van der Waals surface area contributed by atoms with E-state index in [4.69, 9.17) is 11.5 Å². The standard InChI is InChI=1S/C9H12Br2N2/c10-7-3-6(4-8(11)5-7)9(13)1-2-12/h3-5,9H,1-2,12-13H2/t9-/m0/s1. The topological polar surface area (TPSA) is 52.0 Å². The summed E-state index contributed by atoms with van der Waals surface area (Å²) in [6.07, 6.45) is 0.808. The fourth-order valence-electron chi connectivity index (χ4n) is 1.14. The van der Waals surface area contributed by atoms with E-state index in [9.17, 15) is 0 Å². The Morgan fingerprint density at radius 3 is 2.15 bits per heavy atom. The molecule has 0 saturated heterocycles. The number of hydrogen-bond acceptors (Lipinski definition) is 2. The van der Waals surface area contributed by atoms with Crippen molar-refractivity contribution in [2.24, 2.45) is 11.5 Å². The smallest absolute Gasteiger partial charge is 0.0307 e. The number of hydrogen-bond donors (Lipinski definition) is 2. The van der Waals surface area contributed by atoms with E-state index in [-0.39, 0.29) is 6.04 Å². The van der Waals surface area contributed by atoms with Gasteiger partial charge in [-0.1, -0.05) is 31.9 Å². The molecular weight excluding hydrogens is 296 g/mol. The molecule has 2 nitrogen and oxygen atoms in total. The summed E-state index contributed by atoms with van der Waals surface area (Å²) in [5.74, 6) is 0. The molecule has 0 heterocycles. The Kier molecular flexibility index (Phi) is 4.38. The van der Waals surface area contributed by atoms with Crippen molar-refractivity contribution in [1.29, 1.82) is 0 Å². The summed E-state index contributed by atoms with van der Waals surface area (Å²) in [4.78, 5) is 0. The largest absolute Gasteiger partial charge is 0.330 e. The first-order chi connectivity index (χ1) is 6.13. The van der Waals surface area contributed by atoms with Gasteiger partial charge in [0.15, 0.2) is 0 Å². The van der Waals surface area contributed by atoms with Crippen molar-refractivity contribution in [3.05, 3.63) is 32.7 Å². The Morgan fingerprint density at radius 1 is 1.15 bits per heavy atom. The van der Waals surface area contributed by atoms with E-state index in [1.807, 2.05) is 18.2 Å². The van der Waals surface area contributed by atoms with Gasteiger partial charge in [0.2, 0.25) is 0 Å². The van der Waals surface area contributed by atoms with Crippen LogP contribution in [-0.2, 0) is 0 Å². The lowest BCUT2D eigenvalue weighted by molar-refractivity contribution is 0.661. The lowest BCUT2D eigenvalue weighted by atomic mass is 10.1. The summed E-state index contributed by atoms with van der Waals surface area (Å²) in [6, 6.07) is 6.05. The number of benzene rings is 1. The molecule has 0 unspecified atom stereocenters. The number of nitrogens with two attached hydrogens (primary N) is 2. The van der Waals surface area contributed by atoms with Crippen molar-refractivity contribution in [1.82, 2.24) is 0 Å². The van der Waals surface area contributed by atoms with E-state index in [0.29, 0.717) is 6.54 Å². The van der Waals surface area contributed by atoms with E-state index < -0.39 is 0 Å². The molecule has 1 rings (SSSR count). The van der Waals surface area contributed by atoms with Gasteiger partial charge in [-0.3, -0.25) is 0 Å². The van der Waals surface area contributed by atoms with Gasteiger partial charge in [0.05, 0.1) is 0 Å². The van der Waals surface area contributed by atoms with Crippen LogP contribution in [-0.4, -0.2) is 6.54 Å². The molecule has 0 aromatic heterocycles. The highest BCUT2D eigenvalue weighted by atomic mass is 79.9. The summed E-state index contributed by atoms with van der Waals surface area (Å²) < 4.78 is 2.06. The highest BCUT2D eigenvalue weighted by molar-refractivity contribution is 9.11. The molecule has 1 aromatic rings. The second kappa shape index (κ2) is 5.10. The van der Waals surface area contributed by atoms with Crippen LogP contribution in [0, 0.1) is 0 Å². The average molecular weight is 308 g/mol. The second-order valence-electron chi connectivity index (χ2n) is 2.89. The molecule has 72 valence electrons. The molecule has 0 aliphatic heterocycles. The van der Waals surface area contributed by atoms with Gasteiger partial charge in [-0.05, 0) is 36.7 Å². The lowest BCUT2D eigenvalue weighted by Crippen LogP contribution is -2.15. The zero-order valence-electron chi connectivity index (χ0n) is 7.13. The van der Waals surface area contributed by atoms with Crippen molar-refractivity contribution >= 4 is 31.9 Å². The molecule has 0 fully saturated rings. The quantitative estimate of drug-likeness (QED) is 0.901. The Labute approximate surface area is 94.9 Å². The first-order valence-electron chi connectivity index (χ1n) is 4.05. The zero-order chi connectivity index (χ0) is 9.84. The maximum atomic E-state index is 5.92. The molecule has 0 bridgehead atoms. The molecule has 0 aliphatic carbocycles. The predicted octanol–water partition coefficient (Wildman–Crippen LogP) is 2.56. The Morgan fingerprint density at radius 2 is 1.69 bits per heavy atom. The van der Waals surface area contributed by atoms with Crippen molar-refractivity contribution in [2.45, 2.75) is 12.5 Å². The van der Waals surface area contributed by atoms with Crippen LogP contribution in [0.1, 0.15) is 18.0 Å². The zero-order valence-corrected chi connectivity index (χ0v) is 10.3. The van der Waals surface area contributed by atoms with Gasteiger partial charge in [0.25, 0.3) is 0 Å². The molecular formula is C9H12Br2N2. The second-order valence-corrected chi connectivity index (χ2v) is 4.72. The molecule has 0 radical (unpaired) electrons. The van der Waals surface area contributed by atoms with Gasteiger partial charge < -0.3 is 11.5 Å². The van der Waals surface area contributed by atoms with E-state index in [1.165, 1.54) is 0 Å².